The van der Waals surface area contributed by atoms with Crippen LogP contribution in [-0.2, 0) is 14.3 Å². The monoisotopic (exact) mass is 485 g/mol. The van der Waals surface area contributed by atoms with E-state index in [1.807, 2.05) is 17.0 Å². The van der Waals surface area contributed by atoms with Gasteiger partial charge in [-0.25, -0.2) is 9.78 Å². The van der Waals surface area contributed by atoms with Gasteiger partial charge in [0.1, 0.15) is 5.52 Å². The first kappa shape index (κ1) is 25.2. The van der Waals surface area contributed by atoms with E-state index >= 15 is 0 Å². The molecule has 1 atom stereocenters. The number of rotatable bonds is 10. The summed E-state index contributed by atoms with van der Waals surface area (Å²) >= 11 is 0. The molecule has 190 valence electrons. The molecule has 1 N–H and O–H groups in total. The summed E-state index contributed by atoms with van der Waals surface area (Å²) in [4.78, 5) is 43.7. The van der Waals surface area contributed by atoms with Crippen LogP contribution in [0.1, 0.15) is 62.1 Å². The van der Waals surface area contributed by atoms with Gasteiger partial charge in [0.25, 0.3) is 5.89 Å². The van der Waals surface area contributed by atoms with Crippen molar-refractivity contribution in [3.8, 4) is 0 Å². The molecule has 0 bridgehead atoms. The number of para-hydroxylation sites is 2. The summed E-state index contributed by atoms with van der Waals surface area (Å²) in [6, 6.07) is 7.21. The van der Waals surface area contributed by atoms with Crippen LogP contribution in [0, 0.1) is 11.8 Å². The van der Waals surface area contributed by atoms with Crippen molar-refractivity contribution in [2.75, 3.05) is 39.5 Å². The second-order valence-corrected chi connectivity index (χ2v) is 9.31. The zero-order valence-electron chi connectivity index (χ0n) is 20.2. The van der Waals surface area contributed by atoms with Crippen molar-refractivity contribution < 1.29 is 28.3 Å². The molecule has 2 aromatic rings. The first-order valence-corrected chi connectivity index (χ1v) is 12.8. The highest BCUT2D eigenvalue weighted by molar-refractivity contribution is 5.94. The van der Waals surface area contributed by atoms with Gasteiger partial charge >= 0.3 is 6.09 Å². The Balaban J connectivity index is 1.17. The highest BCUT2D eigenvalue weighted by atomic mass is 16.5. The Morgan fingerprint density at radius 3 is 2.66 bits per heavy atom. The molecule has 9 heteroatoms. The average Bonchev–Trinajstić information content (AvgIpc) is 3.34. The largest absolute Gasteiger partial charge is 0.450 e. The van der Waals surface area contributed by atoms with E-state index in [0.717, 1.165) is 25.7 Å². The van der Waals surface area contributed by atoms with Gasteiger partial charge in [-0.15, -0.1) is 0 Å². The Labute approximate surface area is 205 Å². The van der Waals surface area contributed by atoms with Gasteiger partial charge in [0.2, 0.25) is 11.7 Å². The summed E-state index contributed by atoms with van der Waals surface area (Å²) in [5, 5.41) is 2.78. The number of fused-ring (bicyclic) bond motifs is 1. The number of benzene rings is 1. The molecule has 35 heavy (non-hydrogen) atoms. The Hall–Kier alpha value is -2.94. The summed E-state index contributed by atoms with van der Waals surface area (Å²) in [6.07, 6.45) is 6.33. The van der Waals surface area contributed by atoms with Crippen LogP contribution >= 0.6 is 0 Å². The minimum absolute atomic E-state index is 0.0781. The molecule has 9 nitrogen and oxygen atoms in total. The van der Waals surface area contributed by atoms with Gasteiger partial charge in [-0.2, -0.15) is 0 Å². The van der Waals surface area contributed by atoms with Crippen molar-refractivity contribution in [3.05, 3.63) is 30.2 Å². The number of carbonyl (C=O) groups excluding carboxylic acids is 3. The number of morpholine rings is 1. The van der Waals surface area contributed by atoms with E-state index in [2.05, 4.69) is 10.3 Å². The first-order chi connectivity index (χ1) is 17.1. The first-order valence-electron chi connectivity index (χ1n) is 12.8. The van der Waals surface area contributed by atoms with E-state index in [9.17, 15) is 14.4 Å². The molecule has 1 aliphatic carbocycles. The molecule has 2 fully saturated rings. The topological polar surface area (TPSA) is 111 Å². The van der Waals surface area contributed by atoms with Crippen LogP contribution in [0.3, 0.4) is 0 Å². The number of amides is 2. The third kappa shape index (κ3) is 7.04. The zero-order valence-corrected chi connectivity index (χ0v) is 20.2. The summed E-state index contributed by atoms with van der Waals surface area (Å²) in [5.74, 6) is 0.335. The fourth-order valence-corrected chi connectivity index (χ4v) is 4.99. The quantitative estimate of drug-likeness (QED) is 0.400. The number of nitrogens with zero attached hydrogens (tertiary/aromatic N) is 2. The van der Waals surface area contributed by atoms with Gasteiger partial charge in [0, 0.05) is 32.0 Å². The molecule has 1 saturated heterocycles. The van der Waals surface area contributed by atoms with Crippen LogP contribution in [0.15, 0.2) is 28.7 Å². The fourth-order valence-electron chi connectivity index (χ4n) is 4.99. The van der Waals surface area contributed by atoms with Crippen molar-refractivity contribution in [1.82, 2.24) is 15.2 Å². The molecule has 1 unspecified atom stereocenters. The lowest BCUT2D eigenvalue weighted by Crippen LogP contribution is -2.46. The van der Waals surface area contributed by atoms with Crippen LogP contribution in [0.5, 0.6) is 0 Å². The summed E-state index contributed by atoms with van der Waals surface area (Å²) in [5.41, 5.74) is 1.22. The third-order valence-electron chi connectivity index (χ3n) is 6.90. The van der Waals surface area contributed by atoms with Gasteiger partial charge < -0.3 is 24.1 Å². The van der Waals surface area contributed by atoms with E-state index in [4.69, 9.17) is 13.9 Å². The molecule has 1 aromatic heterocycles. The number of nitrogens with one attached hydrogen (secondary N) is 1. The van der Waals surface area contributed by atoms with Crippen LogP contribution in [0.2, 0.25) is 0 Å². The van der Waals surface area contributed by atoms with Crippen LogP contribution in [0.4, 0.5) is 4.79 Å². The van der Waals surface area contributed by atoms with Gasteiger partial charge in [0.05, 0.1) is 19.8 Å². The number of ketones is 1. The Kier molecular flexibility index (Phi) is 9.11. The lowest BCUT2D eigenvalue weighted by atomic mass is 9.77. The molecule has 1 aliphatic heterocycles. The number of oxazole rings is 1. The summed E-state index contributed by atoms with van der Waals surface area (Å²) in [7, 11) is 0. The fraction of sp³-hybridized carbons (Fsp3) is 0.615. The number of carbonyl (C=O) groups is 3. The Morgan fingerprint density at radius 1 is 1.11 bits per heavy atom. The predicted molar refractivity (Wildman–Crippen MR) is 129 cm³/mol. The minimum atomic E-state index is -0.527. The Bertz CT molecular complexity index is 961. The van der Waals surface area contributed by atoms with Crippen LogP contribution in [-0.4, -0.2) is 67.1 Å². The highest BCUT2D eigenvalue weighted by Crippen LogP contribution is 2.33. The number of aromatic nitrogens is 1. The lowest BCUT2D eigenvalue weighted by Gasteiger charge is -2.35. The number of alkyl carbamates (subject to hydrolysis) is 1. The Morgan fingerprint density at radius 2 is 1.89 bits per heavy atom. The SMILES string of the molecule is O=C(NCCC(C(=O)N1CCOCC1)C1CCCCC1)OCCCC(=O)c1nc2ccccc2o1. The van der Waals surface area contributed by atoms with Crippen molar-refractivity contribution >= 4 is 28.9 Å². The second-order valence-electron chi connectivity index (χ2n) is 9.31. The molecule has 0 radical (unpaired) electrons. The van der Waals surface area contributed by atoms with Crippen LogP contribution < -0.4 is 5.32 Å². The molecule has 2 heterocycles. The van der Waals surface area contributed by atoms with Crippen molar-refractivity contribution in [2.24, 2.45) is 11.8 Å². The third-order valence-corrected chi connectivity index (χ3v) is 6.90. The van der Waals surface area contributed by atoms with Gasteiger partial charge in [-0.1, -0.05) is 31.4 Å². The summed E-state index contributed by atoms with van der Waals surface area (Å²) in [6.45, 7) is 2.96. The molecular weight excluding hydrogens is 450 g/mol. The molecule has 1 aromatic carbocycles. The zero-order chi connectivity index (χ0) is 24.5. The van der Waals surface area contributed by atoms with E-state index in [1.54, 1.807) is 12.1 Å². The number of ether oxygens (including phenoxy) is 2. The van der Waals surface area contributed by atoms with Crippen molar-refractivity contribution in [2.45, 2.75) is 51.4 Å². The maximum atomic E-state index is 13.2. The molecule has 2 aliphatic rings. The molecule has 0 spiro atoms. The van der Waals surface area contributed by atoms with E-state index < -0.39 is 6.09 Å². The van der Waals surface area contributed by atoms with E-state index in [-0.39, 0.29) is 36.5 Å². The number of hydrogen-bond donors (Lipinski definition) is 1. The van der Waals surface area contributed by atoms with Gasteiger partial charge in [-0.3, -0.25) is 9.59 Å². The minimum Gasteiger partial charge on any atom is -0.450 e. The molecule has 2 amide bonds. The lowest BCUT2D eigenvalue weighted by molar-refractivity contribution is -0.142. The molecule has 1 saturated carbocycles. The average molecular weight is 486 g/mol. The number of Topliss-reactive ketones (excluding diaryl/α,β-unsaturated/α-hetero) is 1. The second kappa shape index (κ2) is 12.7. The normalized spacial score (nSPS) is 17.8. The standard InChI is InChI=1S/C26H35N3O6/c30-22(24-28-21-9-4-5-11-23(21)35-24)10-6-16-34-26(32)27-13-12-20(19-7-2-1-3-8-19)25(31)29-14-17-33-18-15-29/h4-5,9,11,19-20H,1-3,6-8,10,12-18H2,(H,27,32). The molecular formula is C26H35N3O6. The highest BCUT2D eigenvalue weighted by Gasteiger charge is 2.33. The van der Waals surface area contributed by atoms with Gasteiger partial charge in [-0.05, 0) is 43.7 Å². The smallest absolute Gasteiger partial charge is 0.407 e. The van der Waals surface area contributed by atoms with Crippen LogP contribution in [0.25, 0.3) is 11.1 Å². The van der Waals surface area contributed by atoms with Crippen molar-refractivity contribution in [3.63, 3.8) is 0 Å². The molecule has 4 rings (SSSR count). The van der Waals surface area contributed by atoms with Gasteiger partial charge in [0.15, 0.2) is 5.58 Å². The maximum Gasteiger partial charge on any atom is 0.407 e. The van der Waals surface area contributed by atoms with E-state index in [0.29, 0.717) is 62.7 Å². The van der Waals surface area contributed by atoms with E-state index in [1.165, 1.54) is 6.42 Å². The summed E-state index contributed by atoms with van der Waals surface area (Å²) < 4.78 is 16.1. The number of hydrogen-bond acceptors (Lipinski definition) is 7. The predicted octanol–water partition coefficient (Wildman–Crippen LogP) is 3.96. The maximum absolute atomic E-state index is 13.2. The van der Waals surface area contributed by atoms with Crippen molar-refractivity contribution in [1.29, 1.82) is 0 Å².